The zero-order valence-corrected chi connectivity index (χ0v) is 12.8. The monoisotopic (exact) mass is 311 g/mol. The predicted octanol–water partition coefficient (Wildman–Crippen LogP) is 3.79. The molecular formula is C14H14ClNO3S. The van der Waals surface area contributed by atoms with E-state index >= 15 is 0 Å². The first-order chi connectivity index (χ1) is 9.56. The van der Waals surface area contributed by atoms with E-state index in [1.54, 1.807) is 24.3 Å². The molecule has 0 unspecified atom stereocenters. The number of imide groups is 1. The molecule has 0 saturated carbocycles. The smallest absolute Gasteiger partial charge is 0.293 e. The van der Waals surface area contributed by atoms with Gasteiger partial charge in [-0.2, -0.15) is 0 Å². The average Bonchev–Trinajstić information content (AvgIpc) is 2.67. The fourth-order valence-corrected chi connectivity index (χ4v) is 2.97. The molecule has 0 radical (unpaired) electrons. The Morgan fingerprint density at radius 1 is 1.40 bits per heavy atom. The first-order valence-corrected chi connectivity index (χ1v) is 7.35. The molecule has 1 aromatic carbocycles. The maximum atomic E-state index is 12.1. The molecule has 20 heavy (non-hydrogen) atoms. The molecule has 106 valence electrons. The van der Waals surface area contributed by atoms with Gasteiger partial charge in [-0.05, 0) is 42.0 Å². The first kappa shape index (κ1) is 14.9. The molecule has 0 spiro atoms. The predicted molar refractivity (Wildman–Crippen MR) is 81.0 cm³/mol. The van der Waals surface area contributed by atoms with E-state index in [2.05, 4.69) is 0 Å². The van der Waals surface area contributed by atoms with E-state index in [0.29, 0.717) is 22.2 Å². The highest BCUT2D eigenvalue weighted by molar-refractivity contribution is 8.18. The van der Waals surface area contributed by atoms with Gasteiger partial charge < -0.3 is 4.74 Å². The van der Waals surface area contributed by atoms with Crippen LogP contribution >= 0.6 is 23.4 Å². The van der Waals surface area contributed by atoms with Gasteiger partial charge in [0.05, 0.1) is 17.0 Å². The van der Waals surface area contributed by atoms with Crippen molar-refractivity contribution >= 4 is 40.6 Å². The summed E-state index contributed by atoms with van der Waals surface area (Å²) in [6.07, 6.45) is 2.42. The molecule has 0 bridgehead atoms. The van der Waals surface area contributed by atoms with E-state index in [9.17, 15) is 9.59 Å². The minimum absolute atomic E-state index is 0.220. The number of methoxy groups -OCH3 is 1. The molecule has 2 amide bonds. The number of benzene rings is 1. The van der Waals surface area contributed by atoms with Crippen LogP contribution in [0.25, 0.3) is 6.08 Å². The number of thioether (sulfide) groups is 1. The van der Waals surface area contributed by atoms with Gasteiger partial charge in [0.25, 0.3) is 11.1 Å². The van der Waals surface area contributed by atoms with Gasteiger partial charge in [0.15, 0.2) is 0 Å². The number of amides is 2. The van der Waals surface area contributed by atoms with Crippen LogP contribution in [0, 0.1) is 0 Å². The second-order valence-electron chi connectivity index (χ2n) is 4.23. The van der Waals surface area contributed by atoms with Crippen molar-refractivity contribution in [2.24, 2.45) is 0 Å². The molecule has 0 atom stereocenters. The number of hydrogen-bond donors (Lipinski definition) is 0. The van der Waals surface area contributed by atoms with Crippen LogP contribution in [-0.4, -0.2) is 29.7 Å². The molecular weight excluding hydrogens is 298 g/mol. The van der Waals surface area contributed by atoms with E-state index < -0.39 is 0 Å². The van der Waals surface area contributed by atoms with Gasteiger partial charge in [-0.25, -0.2) is 0 Å². The number of hydrogen-bond acceptors (Lipinski definition) is 4. The Balaban J connectivity index is 2.26. The zero-order valence-electron chi connectivity index (χ0n) is 11.2. The Hall–Kier alpha value is -1.46. The standard InChI is InChI=1S/C14H14ClNO3S/c1-3-6-16-13(17)12(20-14(16)18)8-9-4-5-11(19-2)10(15)7-9/h4-5,7-8H,3,6H2,1-2H3/b12-8+. The molecule has 1 heterocycles. The van der Waals surface area contributed by atoms with Gasteiger partial charge in [0.2, 0.25) is 0 Å². The number of carbonyl (C=O) groups excluding carboxylic acids is 2. The van der Waals surface area contributed by atoms with Crippen LogP contribution < -0.4 is 4.74 Å². The minimum Gasteiger partial charge on any atom is -0.495 e. The molecule has 1 aliphatic rings. The van der Waals surface area contributed by atoms with E-state index in [1.165, 1.54) is 12.0 Å². The van der Waals surface area contributed by atoms with Crippen molar-refractivity contribution in [1.82, 2.24) is 4.90 Å². The van der Waals surface area contributed by atoms with Gasteiger partial charge in [-0.1, -0.05) is 24.6 Å². The topological polar surface area (TPSA) is 46.6 Å². The van der Waals surface area contributed by atoms with Crippen molar-refractivity contribution in [3.05, 3.63) is 33.7 Å². The summed E-state index contributed by atoms with van der Waals surface area (Å²) in [6.45, 7) is 2.38. The van der Waals surface area contributed by atoms with Crippen LogP contribution in [0.3, 0.4) is 0 Å². The summed E-state index contributed by atoms with van der Waals surface area (Å²) in [7, 11) is 1.54. The van der Waals surface area contributed by atoms with Crippen LogP contribution in [-0.2, 0) is 4.79 Å². The van der Waals surface area contributed by atoms with E-state index in [4.69, 9.17) is 16.3 Å². The number of halogens is 1. The molecule has 4 nitrogen and oxygen atoms in total. The minimum atomic E-state index is -0.242. The summed E-state index contributed by atoms with van der Waals surface area (Å²) in [5.74, 6) is 0.330. The third kappa shape index (κ3) is 2.99. The van der Waals surface area contributed by atoms with Gasteiger partial charge >= 0.3 is 0 Å². The van der Waals surface area contributed by atoms with E-state index in [0.717, 1.165) is 23.7 Å². The van der Waals surface area contributed by atoms with Crippen LogP contribution in [0.2, 0.25) is 5.02 Å². The molecule has 0 N–H and O–H groups in total. The van der Waals surface area contributed by atoms with Crippen molar-refractivity contribution in [3.63, 3.8) is 0 Å². The second kappa shape index (κ2) is 6.33. The van der Waals surface area contributed by atoms with Gasteiger partial charge in [0.1, 0.15) is 5.75 Å². The fourth-order valence-electron chi connectivity index (χ4n) is 1.84. The molecule has 1 fully saturated rings. The maximum absolute atomic E-state index is 12.1. The normalized spacial score (nSPS) is 17.1. The molecule has 1 aromatic rings. The SMILES string of the molecule is CCCN1C(=O)S/C(=C/c2ccc(OC)c(Cl)c2)C1=O. The summed E-state index contributed by atoms with van der Waals surface area (Å²) in [5.41, 5.74) is 0.762. The first-order valence-electron chi connectivity index (χ1n) is 6.15. The molecule has 1 aliphatic heterocycles. The lowest BCUT2D eigenvalue weighted by atomic mass is 10.2. The zero-order chi connectivity index (χ0) is 14.7. The third-order valence-electron chi connectivity index (χ3n) is 2.79. The van der Waals surface area contributed by atoms with Crippen LogP contribution in [0.1, 0.15) is 18.9 Å². The lowest BCUT2D eigenvalue weighted by Crippen LogP contribution is -2.28. The highest BCUT2D eigenvalue weighted by Crippen LogP contribution is 2.33. The van der Waals surface area contributed by atoms with E-state index in [-0.39, 0.29) is 11.1 Å². The molecule has 6 heteroatoms. The van der Waals surface area contributed by atoms with Gasteiger partial charge in [-0.3, -0.25) is 14.5 Å². The molecule has 1 saturated heterocycles. The number of nitrogens with zero attached hydrogens (tertiary/aromatic N) is 1. The summed E-state index contributed by atoms with van der Waals surface area (Å²) in [5, 5.41) is 0.247. The maximum Gasteiger partial charge on any atom is 0.293 e. The number of rotatable bonds is 4. The van der Waals surface area contributed by atoms with Crippen LogP contribution in [0.15, 0.2) is 23.1 Å². The highest BCUT2D eigenvalue weighted by Gasteiger charge is 2.34. The van der Waals surface area contributed by atoms with Crippen molar-refractivity contribution in [2.75, 3.05) is 13.7 Å². The van der Waals surface area contributed by atoms with Crippen molar-refractivity contribution in [1.29, 1.82) is 0 Å². The van der Waals surface area contributed by atoms with Crippen LogP contribution in [0.5, 0.6) is 5.75 Å². The number of carbonyl (C=O) groups is 2. The lowest BCUT2D eigenvalue weighted by molar-refractivity contribution is -0.122. The Kier molecular flexibility index (Phi) is 4.73. The van der Waals surface area contributed by atoms with Crippen molar-refractivity contribution in [2.45, 2.75) is 13.3 Å². The van der Waals surface area contributed by atoms with Gasteiger partial charge in [-0.15, -0.1) is 0 Å². The Morgan fingerprint density at radius 3 is 2.75 bits per heavy atom. The lowest BCUT2D eigenvalue weighted by Gasteiger charge is -2.09. The number of ether oxygens (including phenoxy) is 1. The van der Waals surface area contributed by atoms with Crippen LogP contribution in [0.4, 0.5) is 4.79 Å². The summed E-state index contributed by atoms with van der Waals surface area (Å²) in [4.78, 5) is 25.5. The summed E-state index contributed by atoms with van der Waals surface area (Å²) >= 11 is 6.99. The summed E-state index contributed by atoms with van der Waals surface area (Å²) < 4.78 is 5.07. The molecule has 2 rings (SSSR count). The average molecular weight is 312 g/mol. The highest BCUT2D eigenvalue weighted by atomic mass is 35.5. The van der Waals surface area contributed by atoms with Crippen molar-refractivity contribution < 1.29 is 14.3 Å². The second-order valence-corrected chi connectivity index (χ2v) is 5.63. The third-order valence-corrected chi connectivity index (χ3v) is 4.00. The quantitative estimate of drug-likeness (QED) is 0.794. The summed E-state index contributed by atoms with van der Waals surface area (Å²) in [6, 6.07) is 5.22. The van der Waals surface area contributed by atoms with Crippen molar-refractivity contribution in [3.8, 4) is 5.75 Å². The van der Waals surface area contributed by atoms with Gasteiger partial charge in [0, 0.05) is 6.54 Å². The molecule has 0 aliphatic carbocycles. The fraction of sp³-hybridized carbons (Fsp3) is 0.286. The van der Waals surface area contributed by atoms with E-state index in [1.807, 2.05) is 6.92 Å². The molecule has 0 aromatic heterocycles. The Bertz CT molecular complexity index is 586. The Labute approximate surface area is 126 Å². The Morgan fingerprint density at radius 2 is 2.15 bits per heavy atom. The largest absolute Gasteiger partial charge is 0.495 e.